The van der Waals surface area contributed by atoms with Crippen molar-refractivity contribution in [1.29, 1.82) is 5.26 Å². The van der Waals surface area contributed by atoms with Crippen LogP contribution in [0.4, 0.5) is 5.69 Å². The standard InChI is InChI=1S/C25H28N6O3/c1-33-22-10-8-20(9-11-22)25-27-23(34-28-25)18-29-14-16-30(17-15-29)19-24(32)31(13-5-12-26)21-6-3-2-4-7-21/h2-4,6-11H,5,13-19H2,1H3. The third kappa shape index (κ3) is 5.98. The van der Waals surface area contributed by atoms with E-state index in [-0.39, 0.29) is 5.91 Å². The smallest absolute Gasteiger partial charge is 0.241 e. The number of hydrogen-bond acceptors (Lipinski definition) is 8. The summed E-state index contributed by atoms with van der Waals surface area (Å²) in [5.74, 6) is 1.92. The average Bonchev–Trinajstić information content (AvgIpc) is 3.34. The molecule has 2 heterocycles. The highest BCUT2D eigenvalue weighted by atomic mass is 16.5. The maximum absolute atomic E-state index is 13.0. The summed E-state index contributed by atoms with van der Waals surface area (Å²) in [5.41, 5.74) is 1.70. The molecule has 1 fully saturated rings. The molecule has 2 aromatic carbocycles. The molecular formula is C25H28N6O3. The lowest BCUT2D eigenvalue weighted by molar-refractivity contribution is -0.120. The van der Waals surface area contributed by atoms with Gasteiger partial charge in [0.1, 0.15) is 5.75 Å². The number of benzene rings is 2. The van der Waals surface area contributed by atoms with E-state index in [1.165, 1.54) is 0 Å². The number of para-hydroxylation sites is 1. The fraction of sp³-hybridized carbons (Fsp3) is 0.360. The Kier molecular flexibility index (Phi) is 7.86. The monoisotopic (exact) mass is 460 g/mol. The predicted octanol–water partition coefficient (Wildman–Crippen LogP) is 2.81. The first kappa shape index (κ1) is 23.4. The van der Waals surface area contributed by atoms with Crippen molar-refractivity contribution in [2.75, 3.05) is 51.3 Å². The van der Waals surface area contributed by atoms with Gasteiger partial charge in [-0.25, -0.2) is 0 Å². The van der Waals surface area contributed by atoms with Gasteiger partial charge in [-0.2, -0.15) is 10.2 Å². The van der Waals surface area contributed by atoms with E-state index in [1.807, 2.05) is 54.6 Å². The Hall–Kier alpha value is -3.74. The van der Waals surface area contributed by atoms with Crippen LogP contribution in [0.25, 0.3) is 11.4 Å². The van der Waals surface area contributed by atoms with Crippen molar-refractivity contribution in [1.82, 2.24) is 19.9 Å². The number of rotatable bonds is 9. The minimum absolute atomic E-state index is 0.0101. The highest BCUT2D eigenvalue weighted by Gasteiger charge is 2.23. The molecule has 9 nitrogen and oxygen atoms in total. The molecule has 0 spiro atoms. The van der Waals surface area contributed by atoms with Gasteiger partial charge in [-0.05, 0) is 36.4 Å². The van der Waals surface area contributed by atoms with Crippen LogP contribution < -0.4 is 9.64 Å². The zero-order chi connectivity index (χ0) is 23.8. The lowest BCUT2D eigenvalue weighted by atomic mass is 10.2. The van der Waals surface area contributed by atoms with E-state index < -0.39 is 0 Å². The number of amides is 1. The van der Waals surface area contributed by atoms with Crippen molar-refractivity contribution in [3.63, 3.8) is 0 Å². The Labute approximate surface area is 199 Å². The average molecular weight is 461 g/mol. The van der Waals surface area contributed by atoms with Crippen LogP contribution in [0.2, 0.25) is 0 Å². The van der Waals surface area contributed by atoms with Crippen molar-refractivity contribution in [3.8, 4) is 23.2 Å². The van der Waals surface area contributed by atoms with Crippen LogP contribution in [0.5, 0.6) is 5.75 Å². The summed E-state index contributed by atoms with van der Waals surface area (Å²) in [5, 5.41) is 13.1. The van der Waals surface area contributed by atoms with Gasteiger partial charge >= 0.3 is 0 Å². The maximum atomic E-state index is 13.0. The third-order valence-corrected chi connectivity index (χ3v) is 5.82. The number of ether oxygens (including phenoxy) is 1. The summed E-state index contributed by atoms with van der Waals surface area (Å²) < 4.78 is 10.6. The van der Waals surface area contributed by atoms with Gasteiger partial charge in [-0.1, -0.05) is 23.4 Å². The molecule has 176 valence electrons. The second-order valence-corrected chi connectivity index (χ2v) is 8.08. The van der Waals surface area contributed by atoms with Crippen LogP contribution >= 0.6 is 0 Å². The number of nitrogens with zero attached hydrogens (tertiary/aromatic N) is 6. The Morgan fingerprint density at radius 3 is 2.47 bits per heavy atom. The summed E-state index contributed by atoms with van der Waals surface area (Å²) in [6, 6.07) is 19.2. The summed E-state index contributed by atoms with van der Waals surface area (Å²) in [7, 11) is 1.63. The van der Waals surface area contributed by atoms with Crippen LogP contribution in [-0.4, -0.2) is 72.2 Å². The molecule has 1 amide bonds. The van der Waals surface area contributed by atoms with Gasteiger partial charge in [0.25, 0.3) is 0 Å². The van der Waals surface area contributed by atoms with Crippen molar-refractivity contribution in [2.45, 2.75) is 13.0 Å². The van der Waals surface area contributed by atoms with E-state index in [4.69, 9.17) is 14.5 Å². The number of nitriles is 1. The van der Waals surface area contributed by atoms with Crippen LogP contribution in [-0.2, 0) is 11.3 Å². The number of methoxy groups -OCH3 is 1. The fourth-order valence-corrected chi connectivity index (χ4v) is 3.92. The molecule has 34 heavy (non-hydrogen) atoms. The lowest BCUT2D eigenvalue weighted by Gasteiger charge is -2.34. The van der Waals surface area contributed by atoms with E-state index in [2.05, 4.69) is 26.0 Å². The van der Waals surface area contributed by atoms with Crippen LogP contribution in [0.15, 0.2) is 59.1 Å². The topological polar surface area (TPSA) is 98.7 Å². The fourth-order valence-electron chi connectivity index (χ4n) is 3.92. The molecule has 0 aliphatic carbocycles. The van der Waals surface area contributed by atoms with E-state index >= 15 is 0 Å². The SMILES string of the molecule is COc1ccc(-c2noc(CN3CCN(CC(=O)N(CCC#N)c4ccccc4)CC3)n2)cc1. The lowest BCUT2D eigenvalue weighted by Crippen LogP contribution is -2.50. The Bertz CT molecular complexity index is 1100. The summed E-state index contributed by atoms with van der Waals surface area (Å²) >= 11 is 0. The Morgan fingerprint density at radius 2 is 1.79 bits per heavy atom. The maximum Gasteiger partial charge on any atom is 0.241 e. The molecule has 0 N–H and O–H groups in total. The molecule has 0 atom stereocenters. The van der Waals surface area contributed by atoms with Crippen LogP contribution in [0.1, 0.15) is 12.3 Å². The van der Waals surface area contributed by atoms with E-state index in [9.17, 15) is 4.79 Å². The first-order valence-corrected chi connectivity index (χ1v) is 11.3. The molecule has 3 aromatic rings. The molecule has 0 bridgehead atoms. The zero-order valence-corrected chi connectivity index (χ0v) is 19.3. The highest BCUT2D eigenvalue weighted by molar-refractivity contribution is 5.94. The van der Waals surface area contributed by atoms with E-state index in [0.29, 0.717) is 37.8 Å². The van der Waals surface area contributed by atoms with Gasteiger partial charge in [-0.15, -0.1) is 0 Å². The summed E-state index contributed by atoms with van der Waals surface area (Å²) in [4.78, 5) is 23.6. The molecule has 0 unspecified atom stereocenters. The van der Waals surface area contributed by atoms with Crippen LogP contribution in [0, 0.1) is 11.3 Å². The number of aromatic nitrogens is 2. The number of carbonyl (C=O) groups excluding carboxylic acids is 1. The van der Waals surface area contributed by atoms with Crippen molar-refractivity contribution < 1.29 is 14.1 Å². The van der Waals surface area contributed by atoms with Gasteiger partial charge in [-0.3, -0.25) is 14.6 Å². The van der Waals surface area contributed by atoms with Crippen LogP contribution in [0.3, 0.4) is 0 Å². The van der Waals surface area contributed by atoms with E-state index in [1.54, 1.807) is 12.0 Å². The number of piperazine rings is 1. The molecule has 0 saturated carbocycles. The normalized spacial score (nSPS) is 14.5. The number of anilines is 1. The molecule has 1 aromatic heterocycles. The van der Waals surface area contributed by atoms with Crippen molar-refractivity contribution in [2.24, 2.45) is 0 Å². The number of hydrogen-bond donors (Lipinski definition) is 0. The molecule has 1 saturated heterocycles. The Morgan fingerprint density at radius 1 is 1.09 bits per heavy atom. The van der Waals surface area contributed by atoms with Gasteiger partial charge in [0.15, 0.2) is 0 Å². The van der Waals surface area contributed by atoms with Gasteiger partial charge in [0.2, 0.25) is 17.6 Å². The molecule has 0 radical (unpaired) electrons. The van der Waals surface area contributed by atoms with E-state index in [0.717, 1.165) is 43.2 Å². The summed E-state index contributed by atoms with van der Waals surface area (Å²) in [6.07, 6.45) is 0.303. The summed E-state index contributed by atoms with van der Waals surface area (Å²) in [6.45, 7) is 4.44. The van der Waals surface area contributed by atoms with Gasteiger partial charge < -0.3 is 14.2 Å². The largest absolute Gasteiger partial charge is 0.497 e. The Balaban J connectivity index is 1.28. The minimum Gasteiger partial charge on any atom is -0.497 e. The van der Waals surface area contributed by atoms with Crippen molar-refractivity contribution >= 4 is 11.6 Å². The quantitative estimate of drug-likeness (QED) is 0.481. The highest BCUT2D eigenvalue weighted by Crippen LogP contribution is 2.20. The van der Waals surface area contributed by atoms with Crippen molar-refractivity contribution in [3.05, 3.63) is 60.5 Å². The number of carbonyl (C=O) groups is 1. The second kappa shape index (κ2) is 11.4. The molecule has 1 aliphatic heterocycles. The third-order valence-electron chi connectivity index (χ3n) is 5.82. The first-order valence-electron chi connectivity index (χ1n) is 11.3. The molecule has 1 aliphatic rings. The molecule has 9 heteroatoms. The minimum atomic E-state index is 0.0101. The predicted molar refractivity (Wildman–Crippen MR) is 127 cm³/mol. The zero-order valence-electron chi connectivity index (χ0n) is 19.3. The first-order chi connectivity index (χ1) is 16.7. The second-order valence-electron chi connectivity index (χ2n) is 8.08. The van der Waals surface area contributed by atoms with Gasteiger partial charge in [0, 0.05) is 44.0 Å². The molecule has 4 rings (SSSR count). The molecular weight excluding hydrogens is 432 g/mol. The van der Waals surface area contributed by atoms with Gasteiger partial charge in [0.05, 0.1) is 32.7 Å².